The van der Waals surface area contributed by atoms with Crippen molar-refractivity contribution < 1.29 is 8.42 Å². The van der Waals surface area contributed by atoms with E-state index in [2.05, 4.69) is 9.82 Å². The second-order valence-electron chi connectivity index (χ2n) is 5.04. The van der Waals surface area contributed by atoms with Gasteiger partial charge in [0.05, 0.1) is 21.3 Å². The van der Waals surface area contributed by atoms with Crippen LogP contribution in [0.25, 0.3) is 0 Å². The Balaban J connectivity index is 2.34. The van der Waals surface area contributed by atoms with Crippen molar-refractivity contribution in [3.8, 4) is 0 Å². The molecule has 0 aliphatic carbocycles. The maximum atomic E-state index is 12.6. The molecule has 1 unspecified atom stereocenters. The van der Waals surface area contributed by atoms with Gasteiger partial charge in [-0.1, -0.05) is 34.8 Å². The number of hydrogen-bond donors (Lipinski definition) is 1. The zero-order valence-corrected chi connectivity index (χ0v) is 15.9. The topological polar surface area (TPSA) is 64.0 Å². The molecule has 1 N–H and O–H groups in total. The number of aryl methyl sites for hydroxylation is 1. The molecule has 0 radical (unpaired) electrons. The molecule has 1 aromatic heterocycles. The lowest BCUT2D eigenvalue weighted by molar-refractivity contribution is 0.565. The summed E-state index contributed by atoms with van der Waals surface area (Å²) in [5, 5.41) is 4.55. The molecule has 1 heterocycles. The quantitative estimate of drug-likeness (QED) is 0.770. The maximum Gasteiger partial charge on any atom is 0.242 e. The average molecular weight is 397 g/mol. The van der Waals surface area contributed by atoms with Gasteiger partial charge in [-0.25, -0.2) is 13.1 Å². The van der Waals surface area contributed by atoms with Gasteiger partial charge in [0.1, 0.15) is 4.90 Å². The lowest BCUT2D eigenvalue weighted by Gasteiger charge is -2.15. The maximum absolute atomic E-state index is 12.6. The van der Waals surface area contributed by atoms with Gasteiger partial charge in [0.15, 0.2) is 0 Å². The van der Waals surface area contributed by atoms with Gasteiger partial charge < -0.3 is 0 Å². The fourth-order valence-corrected chi connectivity index (χ4v) is 4.50. The first kappa shape index (κ1) is 18.5. The highest BCUT2D eigenvalue weighted by Crippen LogP contribution is 2.32. The zero-order chi connectivity index (χ0) is 17.4. The highest BCUT2D eigenvalue weighted by molar-refractivity contribution is 7.89. The minimum atomic E-state index is -3.85. The molecular formula is C14H16Cl3N3O2S. The standard InChI is InChI=1S/C14H16Cl3N3O2S/c1-4-20-9(3)10(7-18-20)8(2)19-23(21,22)14-6-12(16)11(15)5-13(14)17/h5-8,19H,4H2,1-3H3. The van der Waals surface area contributed by atoms with E-state index in [1.165, 1.54) is 12.1 Å². The summed E-state index contributed by atoms with van der Waals surface area (Å²) >= 11 is 17.7. The van der Waals surface area contributed by atoms with E-state index in [0.717, 1.165) is 11.3 Å². The highest BCUT2D eigenvalue weighted by atomic mass is 35.5. The molecule has 0 saturated heterocycles. The predicted molar refractivity (Wildman–Crippen MR) is 92.8 cm³/mol. The van der Waals surface area contributed by atoms with Gasteiger partial charge in [-0.15, -0.1) is 0 Å². The Bertz CT molecular complexity index is 834. The van der Waals surface area contributed by atoms with Gasteiger partial charge >= 0.3 is 0 Å². The van der Waals surface area contributed by atoms with Crippen molar-refractivity contribution in [3.05, 3.63) is 44.7 Å². The monoisotopic (exact) mass is 395 g/mol. The van der Waals surface area contributed by atoms with Crippen LogP contribution < -0.4 is 4.72 Å². The van der Waals surface area contributed by atoms with Crippen LogP contribution in [0.1, 0.15) is 31.1 Å². The number of aromatic nitrogens is 2. The molecule has 2 rings (SSSR count). The second-order valence-corrected chi connectivity index (χ2v) is 7.94. The van der Waals surface area contributed by atoms with E-state index in [9.17, 15) is 8.42 Å². The minimum absolute atomic E-state index is 0.0140. The molecule has 0 fully saturated rings. The molecule has 23 heavy (non-hydrogen) atoms. The smallest absolute Gasteiger partial charge is 0.242 e. The summed E-state index contributed by atoms with van der Waals surface area (Å²) in [6.07, 6.45) is 1.66. The van der Waals surface area contributed by atoms with Crippen molar-refractivity contribution in [1.29, 1.82) is 0 Å². The number of nitrogens with zero attached hydrogens (tertiary/aromatic N) is 2. The summed E-state index contributed by atoms with van der Waals surface area (Å²) in [5.41, 5.74) is 1.70. The molecular weight excluding hydrogens is 381 g/mol. The van der Waals surface area contributed by atoms with Crippen LogP contribution in [-0.2, 0) is 16.6 Å². The fraction of sp³-hybridized carbons (Fsp3) is 0.357. The molecule has 0 aliphatic heterocycles. The number of nitrogens with one attached hydrogen (secondary N) is 1. The Labute approximate surface area is 150 Å². The van der Waals surface area contributed by atoms with E-state index in [0.29, 0.717) is 6.54 Å². The normalized spacial score (nSPS) is 13.3. The summed E-state index contributed by atoms with van der Waals surface area (Å²) in [6, 6.07) is 2.08. The van der Waals surface area contributed by atoms with Crippen LogP contribution in [0.15, 0.2) is 23.2 Å². The molecule has 9 heteroatoms. The van der Waals surface area contributed by atoms with Gasteiger partial charge in [0.2, 0.25) is 10.0 Å². The first-order valence-electron chi connectivity index (χ1n) is 6.86. The van der Waals surface area contributed by atoms with E-state index in [1.807, 2.05) is 13.8 Å². The van der Waals surface area contributed by atoms with Crippen LogP contribution in [-0.4, -0.2) is 18.2 Å². The number of rotatable bonds is 5. The average Bonchev–Trinajstić information content (AvgIpc) is 2.83. The molecule has 0 amide bonds. The largest absolute Gasteiger partial charge is 0.270 e. The van der Waals surface area contributed by atoms with Gasteiger partial charge in [-0.2, -0.15) is 5.10 Å². The lowest BCUT2D eigenvalue weighted by Crippen LogP contribution is -2.27. The van der Waals surface area contributed by atoms with Crippen LogP contribution in [0.4, 0.5) is 0 Å². The van der Waals surface area contributed by atoms with E-state index in [1.54, 1.807) is 17.8 Å². The zero-order valence-electron chi connectivity index (χ0n) is 12.8. The van der Waals surface area contributed by atoms with Crippen LogP contribution >= 0.6 is 34.8 Å². The molecule has 2 aromatic rings. The van der Waals surface area contributed by atoms with Crippen LogP contribution in [0.2, 0.25) is 15.1 Å². The molecule has 0 aliphatic rings. The molecule has 5 nitrogen and oxygen atoms in total. The Hall–Kier alpha value is -0.790. The SMILES string of the molecule is CCn1ncc(C(C)NS(=O)(=O)c2cc(Cl)c(Cl)cc2Cl)c1C. The summed E-state index contributed by atoms with van der Waals surface area (Å²) in [5.74, 6) is 0. The Kier molecular flexibility index (Phi) is 5.63. The first-order chi connectivity index (χ1) is 10.7. The van der Waals surface area contributed by atoms with E-state index >= 15 is 0 Å². The third-order valence-corrected chi connectivity index (χ3v) is 6.23. The van der Waals surface area contributed by atoms with Crippen LogP contribution in [0.3, 0.4) is 0 Å². The van der Waals surface area contributed by atoms with E-state index < -0.39 is 16.1 Å². The van der Waals surface area contributed by atoms with Gasteiger partial charge in [0.25, 0.3) is 0 Å². The highest BCUT2D eigenvalue weighted by Gasteiger charge is 2.24. The Morgan fingerprint density at radius 1 is 1.22 bits per heavy atom. The predicted octanol–water partition coefficient (Wildman–Crippen LogP) is 4.21. The fourth-order valence-electron chi connectivity index (χ4n) is 2.27. The number of halogens is 3. The third-order valence-electron chi connectivity index (χ3n) is 3.50. The first-order valence-corrected chi connectivity index (χ1v) is 9.48. The summed E-state index contributed by atoms with van der Waals surface area (Å²) in [7, 11) is -3.85. The summed E-state index contributed by atoms with van der Waals surface area (Å²) in [4.78, 5) is -0.110. The van der Waals surface area contributed by atoms with Crippen molar-refractivity contribution in [2.75, 3.05) is 0 Å². The lowest BCUT2D eigenvalue weighted by atomic mass is 10.1. The third kappa shape index (κ3) is 3.83. The van der Waals surface area contributed by atoms with Gasteiger partial charge in [0, 0.05) is 23.8 Å². The van der Waals surface area contributed by atoms with Crippen molar-refractivity contribution in [2.45, 2.75) is 38.3 Å². The van der Waals surface area contributed by atoms with E-state index in [4.69, 9.17) is 34.8 Å². The number of sulfonamides is 1. The summed E-state index contributed by atoms with van der Waals surface area (Å²) < 4.78 is 29.5. The number of benzene rings is 1. The minimum Gasteiger partial charge on any atom is -0.270 e. The van der Waals surface area contributed by atoms with Crippen molar-refractivity contribution in [1.82, 2.24) is 14.5 Å². The van der Waals surface area contributed by atoms with Crippen LogP contribution in [0, 0.1) is 6.92 Å². The molecule has 0 saturated carbocycles. The second kappa shape index (κ2) is 6.99. The van der Waals surface area contributed by atoms with Gasteiger partial charge in [-0.3, -0.25) is 4.68 Å². The molecule has 1 aromatic carbocycles. The van der Waals surface area contributed by atoms with Crippen molar-refractivity contribution in [3.63, 3.8) is 0 Å². The molecule has 0 bridgehead atoms. The Morgan fingerprint density at radius 2 is 1.83 bits per heavy atom. The molecule has 126 valence electrons. The Morgan fingerprint density at radius 3 is 2.39 bits per heavy atom. The van der Waals surface area contributed by atoms with Crippen molar-refractivity contribution in [2.24, 2.45) is 0 Å². The van der Waals surface area contributed by atoms with E-state index in [-0.39, 0.29) is 20.0 Å². The molecule has 1 atom stereocenters. The van der Waals surface area contributed by atoms with Gasteiger partial charge in [-0.05, 0) is 32.9 Å². The number of hydrogen-bond acceptors (Lipinski definition) is 3. The summed E-state index contributed by atoms with van der Waals surface area (Å²) in [6.45, 7) is 6.31. The molecule has 0 spiro atoms. The van der Waals surface area contributed by atoms with Crippen molar-refractivity contribution >= 4 is 44.8 Å². The van der Waals surface area contributed by atoms with Crippen LogP contribution in [0.5, 0.6) is 0 Å².